The Balaban J connectivity index is 1.44. The van der Waals surface area contributed by atoms with Gasteiger partial charge in [0.15, 0.2) is 0 Å². The van der Waals surface area contributed by atoms with Crippen LogP contribution in [-0.4, -0.2) is 69.9 Å². The molecule has 9 nitrogen and oxygen atoms in total. The van der Waals surface area contributed by atoms with Gasteiger partial charge in [-0.1, -0.05) is 12.1 Å². The van der Waals surface area contributed by atoms with Crippen molar-refractivity contribution in [1.29, 1.82) is 0 Å². The maximum atomic E-state index is 12.8. The zero-order chi connectivity index (χ0) is 20.4. The average molecular weight is 398 g/mol. The molecule has 3 N–H and O–H groups in total. The lowest BCUT2D eigenvalue weighted by Crippen LogP contribution is -2.49. The van der Waals surface area contributed by atoms with E-state index >= 15 is 0 Å². The van der Waals surface area contributed by atoms with Crippen LogP contribution in [0, 0.1) is 0 Å². The molecule has 1 aliphatic heterocycles. The molecule has 29 heavy (non-hydrogen) atoms. The van der Waals surface area contributed by atoms with Crippen molar-refractivity contribution in [3.63, 3.8) is 0 Å². The summed E-state index contributed by atoms with van der Waals surface area (Å²) in [5.41, 5.74) is 5.72. The van der Waals surface area contributed by atoms with Crippen molar-refractivity contribution in [2.45, 2.75) is 32.0 Å². The Bertz CT molecular complexity index is 976. The Hall–Kier alpha value is -2.78. The van der Waals surface area contributed by atoms with Gasteiger partial charge in [-0.05, 0) is 25.0 Å². The molecule has 2 aliphatic rings. The molecule has 1 aromatic carbocycles. The number of nitrogens with zero attached hydrogens (tertiary/aromatic N) is 4. The van der Waals surface area contributed by atoms with Gasteiger partial charge in [0.1, 0.15) is 12.4 Å². The Labute approximate surface area is 168 Å². The third-order valence-corrected chi connectivity index (χ3v) is 5.39. The third-order valence-electron chi connectivity index (χ3n) is 5.39. The average Bonchev–Trinajstić information content (AvgIpc) is 3.50. The molecule has 2 fully saturated rings. The van der Waals surface area contributed by atoms with Gasteiger partial charge in [0, 0.05) is 32.2 Å². The van der Waals surface area contributed by atoms with Crippen LogP contribution >= 0.6 is 0 Å². The van der Waals surface area contributed by atoms with E-state index in [4.69, 9.17) is 5.73 Å². The predicted molar refractivity (Wildman–Crippen MR) is 108 cm³/mol. The fourth-order valence-corrected chi connectivity index (χ4v) is 3.66. The summed E-state index contributed by atoms with van der Waals surface area (Å²) in [6.45, 7) is 3.75. The van der Waals surface area contributed by atoms with E-state index in [-0.39, 0.29) is 18.0 Å². The number of nitrogens with one attached hydrogen (secondary N) is 1. The summed E-state index contributed by atoms with van der Waals surface area (Å²) in [6.07, 6.45) is 2.18. The van der Waals surface area contributed by atoms with Gasteiger partial charge in [0.25, 0.3) is 5.56 Å². The number of nitrogens with two attached hydrogens (primary N) is 1. The summed E-state index contributed by atoms with van der Waals surface area (Å²) in [4.78, 5) is 45.3. The molecule has 1 aromatic heterocycles. The minimum atomic E-state index is -0.572. The lowest BCUT2D eigenvalue weighted by Gasteiger charge is -2.34. The van der Waals surface area contributed by atoms with Gasteiger partial charge in [-0.2, -0.15) is 0 Å². The number of carbonyl (C=O) groups excluding carboxylic acids is 2. The highest BCUT2D eigenvalue weighted by molar-refractivity contribution is 5.79. The summed E-state index contributed by atoms with van der Waals surface area (Å²) in [5, 5.41) is 3.49. The minimum absolute atomic E-state index is 0.0902. The second-order valence-electron chi connectivity index (χ2n) is 7.80. The fourth-order valence-electron chi connectivity index (χ4n) is 3.66. The van der Waals surface area contributed by atoms with Gasteiger partial charge >= 0.3 is 0 Å². The first-order chi connectivity index (χ1) is 14.0. The van der Waals surface area contributed by atoms with Gasteiger partial charge in [-0.25, -0.2) is 4.98 Å². The van der Waals surface area contributed by atoms with E-state index in [1.165, 1.54) is 4.57 Å². The summed E-state index contributed by atoms with van der Waals surface area (Å²) in [5.74, 6) is 0.0526. The van der Waals surface area contributed by atoms with Crippen molar-refractivity contribution in [3.05, 3.63) is 40.4 Å². The first kappa shape index (κ1) is 19.5. The number of rotatable bonds is 7. The van der Waals surface area contributed by atoms with Crippen LogP contribution in [0.4, 0.5) is 0 Å². The fraction of sp³-hybridized carbons (Fsp3) is 0.500. The molecular weight excluding hydrogens is 372 g/mol. The molecule has 2 heterocycles. The molecule has 1 aliphatic carbocycles. The molecule has 154 valence electrons. The number of aromatic nitrogens is 2. The lowest BCUT2D eigenvalue weighted by atomic mass is 10.2. The molecule has 1 saturated heterocycles. The molecule has 9 heteroatoms. The SMILES string of the molecule is NC(=O)Cn1c(CN2CCN(CC(=O)NC3CC3)CC2)nc2ccccc2c1=O. The number of fused-ring (bicyclic) bond motifs is 1. The van der Waals surface area contributed by atoms with Crippen molar-refractivity contribution in [3.8, 4) is 0 Å². The molecule has 4 rings (SSSR count). The van der Waals surface area contributed by atoms with Gasteiger partial charge < -0.3 is 11.1 Å². The topological polar surface area (TPSA) is 114 Å². The molecule has 0 radical (unpaired) electrons. The van der Waals surface area contributed by atoms with Crippen molar-refractivity contribution < 1.29 is 9.59 Å². The molecular formula is C20H26N6O3. The first-order valence-corrected chi connectivity index (χ1v) is 10.0. The molecule has 0 spiro atoms. The van der Waals surface area contributed by atoms with E-state index in [1.54, 1.807) is 18.2 Å². The molecule has 0 atom stereocenters. The largest absolute Gasteiger partial charge is 0.368 e. The molecule has 2 aromatic rings. The van der Waals surface area contributed by atoms with Gasteiger partial charge in [0.05, 0.1) is 24.0 Å². The highest BCUT2D eigenvalue weighted by Crippen LogP contribution is 2.18. The number of carbonyl (C=O) groups is 2. The zero-order valence-corrected chi connectivity index (χ0v) is 16.3. The number of amides is 2. The maximum absolute atomic E-state index is 12.8. The second kappa shape index (κ2) is 8.30. The van der Waals surface area contributed by atoms with Crippen molar-refractivity contribution in [2.75, 3.05) is 32.7 Å². The molecule has 2 amide bonds. The van der Waals surface area contributed by atoms with E-state index in [0.29, 0.717) is 35.9 Å². The van der Waals surface area contributed by atoms with Crippen LogP contribution in [0.2, 0.25) is 0 Å². The van der Waals surface area contributed by atoms with Crippen molar-refractivity contribution >= 4 is 22.7 Å². The predicted octanol–water partition coefficient (Wildman–Crippen LogP) is -0.722. The molecule has 0 unspecified atom stereocenters. The van der Waals surface area contributed by atoms with Gasteiger partial charge in [-0.3, -0.25) is 28.8 Å². The smallest absolute Gasteiger partial charge is 0.261 e. The quantitative estimate of drug-likeness (QED) is 0.636. The number of benzene rings is 1. The van der Waals surface area contributed by atoms with E-state index in [9.17, 15) is 14.4 Å². The van der Waals surface area contributed by atoms with Gasteiger partial charge in [0.2, 0.25) is 11.8 Å². The third kappa shape index (κ3) is 4.80. The number of piperazine rings is 1. The standard InChI is InChI=1S/C20H26N6O3/c21-17(27)11-26-18(23-16-4-2-1-3-15(16)20(26)29)12-24-7-9-25(10-8-24)13-19(28)22-14-5-6-14/h1-4,14H,5-13H2,(H2,21,27)(H,22,28). The van der Waals surface area contributed by atoms with E-state index < -0.39 is 5.91 Å². The zero-order valence-electron chi connectivity index (χ0n) is 16.3. The molecule has 0 bridgehead atoms. The monoisotopic (exact) mass is 398 g/mol. The van der Waals surface area contributed by atoms with Crippen LogP contribution in [0.1, 0.15) is 18.7 Å². The van der Waals surface area contributed by atoms with Crippen LogP contribution in [-0.2, 0) is 22.7 Å². The highest BCUT2D eigenvalue weighted by atomic mass is 16.2. The Morgan fingerprint density at radius 1 is 1.07 bits per heavy atom. The van der Waals surface area contributed by atoms with Crippen LogP contribution < -0.4 is 16.6 Å². The maximum Gasteiger partial charge on any atom is 0.261 e. The number of hydrogen-bond donors (Lipinski definition) is 2. The Morgan fingerprint density at radius 3 is 2.45 bits per heavy atom. The number of hydrogen-bond acceptors (Lipinski definition) is 6. The lowest BCUT2D eigenvalue weighted by molar-refractivity contribution is -0.122. The Morgan fingerprint density at radius 2 is 1.76 bits per heavy atom. The summed E-state index contributed by atoms with van der Waals surface area (Å²) in [7, 11) is 0. The van der Waals surface area contributed by atoms with Crippen LogP contribution in [0.3, 0.4) is 0 Å². The summed E-state index contributed by atoms with van der Waals surface area (Å²) in [6, 6.07) is 7.49. The summed E-state index contributed by atoms with van der Waals surface area (Å²) >= 11 is 0. The van der Waals surface area contributed by atoms with E-state index in [0.717, 1.165) is 39.0 Å². The highest BCUT2D eigenvalue weighted by Gasteiger charge is 2.25. The normalized spacial score (nSPS) is 18.1. The van der Waals surface area contributed by atoms with Crippen LogP contribution in [0.15, 0.2) is 29.1 Å². The Kier molecular flexibility index (Phi) is 5.59. The van der Waals surface area contributed by atoms with Crippen molar-refractivity contribution in [2.24, 2.45) is 5.73 Å². The second-order valence-corrected chi connectivity index (χ2v) is 7.80. The summed E-state index contributed by atoms with van der Waals surface area (Å²) < 4.78 is 1.38. The van der Waals surface area contributed by atoms with E-state index in [2.05, 4.69) is 20.1 Å². The van der Waals surface area contributed by atoms with E-state index in [1.807, 2.05) is 6.07 Å². The van der Waals surface area contributed by atoms with Gasteiger partial charge in [-0.15, -0.1) is 0 Å². The van der Waals surface area contributed by atoms with Crippen LogP contribution in [0.25, 0.3) is 10.9 Å². The van der Waals surface area contributed by atoms with Crippen molar-refractivity contribution in [1.82, 2.24) is 24.7 Å². The van der Waals surface area contributed by atoms with Crippen LogP contribution in [0.5, 0.6) is 0 Å². The number of para-hydroxylation sites is 1. The molecule has 1 saturated carbocycles. The number of primary amides is 1. The minimum Gasteiger partial charge on any atom is -0.368 e. The first-order valence-electron chi connectivity index (χ1n) is 10.0.